The van der Waals surface area contributed by atoms with Gasteiger partial charge in [0, 0.05) is 36.9 Å². The van der Waals surface area contributed by atoms with Crippen LogP contribution < -0.4 is 4.90 Å². The van der Waals surface area contributed by atoms with Crippen molar-refractivity contribution < 1.29 is 18.0 Å². The number of benzene rings is 1. The first-order valence-electron chi connectivity index (χ1n) is 8.84. The fourth-order valence-corrected chi connectivity index (χ4v) is 3.96. The van der Waals surface area contributed by atoms with Gasteiger partial charge in [-0.25, -0.2) is 9.97 Å². The van der Waals surface area contributed by atoms with Gasteiger partial charge in [0.1, 0.15) is 5.82 Å². The molecule has 1 aromatic carbocycles. The molecule has 0 aliphatic carbocycles. The van der Waals surface area contributed by atoms with E-state index in [0.29, 0.717) is 43.5 Å². The lowest BCUT2D eigenvalue weighted by atomic mass is 10.2. The minimum absolute atomic E-state index is 0.0494. The van der Waals surface area contributed by atoms with Crippen LogP contribution in [-0.2, 0) is 6.18 Å². The Morgan fingerprint density at radius 2 is 1.86 bits per heavy atom. The van der Waals surface area contributed by atoms with Crippen molar-refractivity contribution in [3.63, 3.8) is 0 Å². The molecule has 2 aromatic heterocycles. The van der Waals surface area contributed by atoms with E-state index in [9.17, 15) is 18.0 Å². The molecule has 4 rings (SSSR count). The molecule has 1 aliphatic rings. The fourth-order valence-electron chi connectivity index (χ4n) is 3.33. The number of rotatable bonds is 2. The Bertz CT molecular complexity index is 991. The molecule has 1 saturated heterocycles. The predicted octanol–water partition coefficient (Wildman–Crippen LogP) is 4.06. The van der Waals surface area contributed by atoms with Gasteiger partial charge in [-0.1, -0.05) is 12.1 Å². The van der Waals surface area contributed by atoms with Crippen molar-refractivity contribution in [1.29, 1.82) is 0 Å². The molecule has 146 valence electrons. The number of carbonyl (C=O) groups excluding carboxylic acids is 1. The third-order valence-electron chi connectivity index (χ3n) is 4.69. The van der Waals surface area contributed by atoms with Crippen molar-refractivity contribution >= 4 is 34.0 Å². The van der Waals surface area contributed by atoms with Crippen LogP contribution in [0.1, 0.15) is 22.6 Å². The molecule has 0 N–H and O–H groups in total. The van der Waals surface area contributed by atoms with Gasteiger partial charge < -0.3 is 9.80 Å². The summed E-state index contributed by atoms with van der Waals surface area (Å²) < 4.78 is 39.8. The van der Waals surface area contributed by atoms with Gasteiger partial charge in [0.15, 0.2) is 0 Å². The molecule has 3 heterocycles. The zero-order valence-electron chi connectivity index (χ0n) is 14.8. The van der Waals surface area contributed by atoms with Crippen LogP contribution >= 0.6 is 11.3 Å². The molecule has 0 saturated carbocycles. The fraction of sp³-hybridized carbons (Fsp3) is 0.316. The summed E-state index contributed by atoms with van der Waals surface area (Å²) in [6.07, 6.45) is -3.97. The summed E-state index contributed by atoms with van der Waals surface area (Å²) in [5, 5.41) is 4.23. The summed E-state index contributed by atoms with van der Waals surface area (Å²) in [4.78, 5) is 23.7. The van der Waals surface area contributed by atoms with Gasteiger partial charge in [0.25, 0.3) is 5.91 Å². The van der Waals surface area contributed by atoms with Crippen LogP contribution in [0.15, 0.2) is 41.1 Å². The van der Waals surface area contributed by atoms with E-state index in [1.165, 1.54) is 11.3 Å². The molecule has 28 heavy (non-hydrogen) atoms. The topological polar surface area (TPSA) is 49.3 Å². The first kappa shape index (κ1) is 18.7. The maximum absolute atomic E-state index is 13.3. The monoisotopic (exact) mass is 406 g/mol. The Labute approximate surface area is 163 Å². The maximum Gasteiger partial charge on any atom is 0.451 e. The molecule has 0 bridgehead atoms. The molecule has 5 nitrogen and oxygen atoms in total. The SMILES string of the molecule is O=C(c1ccsc1)N1CCCN(c2nc(C(F)(F)F)nc3ccccc23)CC1. The zero-order chi connectivity index (χ0) is 19.7. The van der Waals surface area contributed by atoms with Gasteiger partial charge >= 0.3 is 6.18 Å². The van der Waals surface area contributed by atoms with Crippen molar-refractivity contribution in [3.05, 3.63) is 52.5 Å². The van der Waals surface area contributed by atoms with Gasteiger partial charge in [0.2, 0.25) is 5.82 Å². The average Bonchev–Trinajstić information content (AvgIpc) is 3.11. The van der Waals surface area contributed by atoms with Crippen LogP contribution in [0, 0.1) is 0 Å². The molecule has 3 aromatic rings. The lowest BCUT2D eigenvalue weighted by Crippen LogP contribution is -2.35. The van der Waals surface area contributed by atoms with E-state index < -0.39 is 12.0 Å². The third kappa shape index (κ3) is 3.66. The number of fused-ring (bicyclic) bond motifs is 1. The van der Waals surface area contributed by atoms with E-state index in [1.54, 1.807) is 40.6 Å². The second kappa shape index (κ2) is 7.38. The number of carbonyl (C=O) groups is 1. The highest BCUT2D eigenvalue weighted by Crippen LogP contribution is 2.32. The molecule has 1 fully saturated rings. The van der Waals surface area contributed by atoms with Gasteiger partial charge in [-0.05, 0) is 30.0 Å². The highest BCUT2D eigenvalue weighted by molar-refractivity contribution is 7.08. The third-order valence-corrected chi connectivity index (χ3v) is 5.37. The smallest absolute Gasteiger partial charge is 0.354 e. The minimum Gasteiger partial charge on any atom is -0.354 e. The van der Waals surface area contributed by atoms with Crippen molar-refractivity contribution in [1.82, 2.24) is 14.9 Å². The standard InChI is InChI=1S/C19H17F3N4OS/c20-19(21,22)18-23-15-5-2-1-4-14(15)16(24-18)25-7-3-8-26(10-9-25)17(27)13-6-11-28-12-13/h1-2,4-6,11-12H,3,7-10H2. The average molecular weight is 406 g/mol. The Balaban J connectivity index is 1.64. The van der Waals surface area contributed by atoms with E-state index in [0.717, 1.165) is 0 Å². The lowest BCUT2D eigenvalue weighted by molar-refractivity contribution is -0.144. The molecule has 9 heteroatoms. The van der Waals surface area contributed by atoms with E-state index in [4.69, 9.17) is 0 Å². The van der Waals surface area contributed by atoms with E-state index in [-0.39, 0.29) is 17.2 Å². The molecule has 1 aliphatic heterocycles. The Kier molecular flexibility index (Phi) is 4.92. The quantitative estimate of drug-likeness (QED) is 0.644. The normalized spacial score (nSPS) is 15.7. The summed E-state index contributed by atoms with van der Waals surface area (Å²) in [5.41, 5.74) is 0.903. The number of amides is 1. The predicted molar refractivity (Wildman–Crippen MR) is 102 cm³/mol. The van der Waals surface area contributed by atoms with Crippen LogP contribution in [-0.4, -0.2) is 47.0 Å². The summed E-state index contributed by atoms with van der Waals surface area (Å²) in [6, 6.07) is 8.47. The van der Waals surface area contributed by atoms with Gasteiger partial charge in [-0.3, -0.25) is 4.79 Å². The molecular weight excluding hydrogens is 389 g/mol. The second-order valence-electron chi connectivity index (χ2n) is 6.53. The summed E-state index contributed by atoms with van der Waals surface area (Å²) in [7, 11) is 0. The molecule has 0 radical (unpaired) electrons. The number of hydrogen-bond acceptors (Lipinski definition) is 5. The largest absolute Gasteiger partial charge is 0.451 e. The molecule has 1 amide bonds. The Morgan fingerprint density at radius 3 is 2.61 bits per heavy atom. The summed E-state index contributed by atoms with van der Waals surface area (Å²) in [5.74, 6) is -0.925. The van der Waals surface area contributed by atoms with Gasteiger partial charge in [-0.15, -0.1) is 0 Å². The number of hydrogen-bond donors (Lipinski definition) is 0. The number of aromatic nitrogens is 2. The molecule has 0 unspecified atom stereocenters. The zero-order valence-corrected chi connectivity index (χ0v) is 15.6. The summed E-state index contributed by atoms with van der Waals surface area (Å²) >= 11 is 1.46. The number of thiophene rings is 1. The Morgan fingerprint density at radius 1 is 1.04 bits per heavy atom. The maximum atomic E-state index is 13.3. The van der Waals surface area contributed by atoms with Crippen molar-refractivity contribution in [2.75, 3.05) is 31.1 Å². The summed E-state index contributed by atoms with van der Waals surface area (Å²) in [6.45, 7) is 1.91. The highest BCUT2D eigenvalue weighted by Gasteiger charge is 2.36. The second-order valence-corrected chi connectivity index (χ2v) is 7.31. The highest BCUT2D eigenvalue weighted by atomic mass is 32.1. The van der Waals surface area contributed by atoms with Crippen LogP contribution in [0.25, 0.3) is 10.9 Å². The Hall–Kier alpha value is -2.68. The number of alkyl halides is 3. The number of anilines is 1. The van der Waals surface area contributed by atoms with E-state index in [2.05, 4.69) is 9.97 Å². The number of nitrogens with zero attached hydrogens (tertiary/aromatic N) is 4. The van der Waals surface area contributed by atoms with Crippen LogP contribution in [0.5, 0.6) is 0 Å². The van der Waals surface area contributed by atoms with E-state index in [1.807, 2.05) is 10.3 Å². The number of para-hydroxylation sites is 1. The van der Waals surface area contributed by atoms with Crippen molar-refractivity contribution in [2.45, 2.75) is 12.6 Å². The van der Waals surface area contributed by atoms with Crippen molar-refractivity contribution in [2.24, 2.45) is 0 Å². The first-order chi connectivity index (χ1) is 13.4. The van der Waals surface area contributed by atoms with Gasteiger partial charge in [-0.2, -0.15) is 24.5 Å². The molecule has 0 spiro atoms. The van der Waals surface area contributed by atoms with Gasteiger partial charge in [0.05, 0.1) is 11.1 Å². The first-order valence-corrected chi connectivity index (χ1v) is 9.78. The van der Waals surface area contributed by atoms with Crippen LogP contribution in [0.3, 0.4) is 0 Å². The van der Waals surface area contributed by atoms with E-state index >= 15 is 0 Å². The van der Waals surface area contributed by atoms with Crippen molar-refractivity contribution in [3.8, 4) is 0 Å². The van der Waals surface area contributed by atoms with Crippen LogP contribution in [0.4, 0.5) is 19.0 Å². The molecular formula is C19H17F3N4OS. The number of halogens is 3. The van der Waals surface area contributed by atoms with Crippen LogP contribution in [0.2, 0.25) is 0 Å². The molecule has 0 atom stereocenters. The minimum atomic E-state index is -4.62. The lowest BCUT2D eigenvalue weighted by Gasteiger charge is -2.24.